The van der Waals surface area contributed by atoms with Crippen LogP contribution >= 0.6 is 0 Å². The van der Waals surface area contributed by atoms with Gasteiger partial charge in [-0.1, -0.05) is 6.07 Å². The van der Waals surface area contributed by atoms with Gasteiger partial charge in [0.2, 0.25) is 0 Å². The molecular weight excluding hydrogens is 328 g/mol. The zero-order chi connectivity index (χ0) is 18.1. The Labute approximate surface area is 144 Å². The van der Waals surface area contributed by atoms with E-state index in [1.165, 1.54) is 26.4 Å². The number of phenolic OH excluding ortho intramolecular Hbond substituents is 2. The average molecular weight is 346 g/mol. The number of aliphatic hydroxyl groups is 1. The molecule has 2 aromatic carbocycles. The lowest BCUT2D eigenvalue weighted by Gasteiger charge is -2.18. The van der Waals surface area contributed by atoms with Crippen LogP contribution in [0.5, 0.6) is 23.0 Å². The molecule has 0 fully saturated rings. The molecule has 7 heteroatoms. The van der Waals surface area contributed by atoms with E-state index in [4.69, 9.17) is 9.47 Å². The van der Waals surface area contributed by atoms with Crippen molar-refractivity contribution in [2.75, 3.05) is 20.8 Å². The van der Waals surface area contributed by atoms with Gasteiger partial charge in [0.25, 0.3) is 0 Å². The van der Waals surface area contributed by atoms with Crippen molar-refractivity contribution >= 4 is 5.97 Å². The van der Waals surface area contributed by atoms with Crippen LogP contribution in [0.25, 0.3) is 0 Å². The van der Waals surface area contributed by atoms with Crippen LogP contribution in [0.1, 0.15) is 33.5 Å². The average Bonchev–Trinajstić information content (AvgIpc) is 3.00. The first-order chi connectivity index (χ1) is 12.0. The topological polar surface area (TPSA) is 105 Å². The first-order valence-corrected chi connectivity index (χ1v) is 7.59. The molecule has 0 saturated heterocycles. The van der Waals surface area contributed by atoms with E-state index < -0.39 is 18.0 Å². The minimum atomic E-state index is -0.603. The van der Waals surface area contributed by atoms with E-state index in [2.05, 4.69) is 4.74 Å². The smallest absolute Gasteiger partial charge is 0.337 e. The first-order valence-electron chi connectivity index (χ1n) is 7.59. The Balaban J connectivity index is 2.04. The highest BCUT2D eigenvalue weighted by atomic mass is 16.5. The maximum Gasteiger partial charge on any atom is 0.337 e. The summed E-state index contributed by atoms with van der Waals surface area (Å²) in [5.74, 6) is -0.830. The maximum absolute atomic E-state index is 11.8. The third-order valence-corrected chi connectivity index (χ3v) is 4.26. The molecule has 1 aliphatic heterocycles. The van der Waals surface area contributed by atoms with Gasteiger partial charge in [0.1, 0.15) is 6.10 Å². The molecule has 0 amide bonds. The van der Waals surface area contributed by atoms with Crippen molar-refractivity contribution < 1.29 is 34.3 Å². The molecule has 0 aliphatic carbocycles. The van der Waals surface area contributed by atoms with E-state index in [0.717, 1.165) is 0 Å². The van der Waals surface area contributed by atoms with E-state index in [1.807, 2.05) is 0 Å². The van der Waals surface area contributed by atoms with Gasteiger partial charge in [0.15, 0.2) is 23.0 Å². The fourth-order valence-electron chi connectivity index (χ4n) is 3.01. The predicted octanol–water partition coefficient (Wildman–Crippen LogP) is 2.10. The van der Waals surface area contributed by atoms with Crippen molar-refractivity contribution in [1.29, 1.82) is 0 Å². The molecule has 0 aromatic heterocycles. The minimum absolute atomic E-state index is 0.0156. The van der Waals surface area contributed by atoms with Crippen LogP contribution in [0.15, 0.2) is 30.3 Å². The highest BCUT2D eigenvalue weighted by Crippen LogP contribution is 2.51. The molecule has 132 valence electrons. The molecule has 2 unspecified atom stereocenters. The fourth-order valence-corrected chi connectivity index (χ4v) is 3.01. The summed E-state index contributed by atoms with van der Waals surface area (Å²) >= 11 is 0. The monoisotopic (exact) mass is 346 g/mol. The van der Waals surface area contributed by atoms with Crippen molar-refractivity contribution in [3.05, 3.63) is 47.0 Å². The number of methoxy groups -OCH3 is 2. The predicted molar refractivity (Wildman–Crippen MR) is 87.3 cm³/mol. The molecule has 0 spiro atoms. The number of esters is 1. The van der Waals surface area contributed by atoms with Crippen molar-refractivity contribution in [2.24, 2.45) is 0 Å². The van der Waals surface area contributed by atoms with Crippen molar-refractivity contribution in [3.63, 3.8) is 0 Å². The van der Waals surface area contributed by atoms with E-state index in [1.54, 1.807) is 18.2 Å². The second kappa shape index (κ2) is 6.52. The molecule has 0 radical (unpaired) electrons. The summed E-state index contributed by atoms with van der Waals surface area (Å²) in [5, 5.41) is 29.8. The van der Waals surface area contributed by atoms with Gasteiger partial charge in [-0.05, 0) is 29.8 Å². The summed E-state index contributed by atoms with van der Waals surface area (Å²) in [6.45, 7) is -0.259. The molecule has 1 aliphatic rings. The number of hydrogen-bond donors (Lipinski definition) is 3. The summed E-state index contributed by atoms with van der Waals surface area (Å²) in [5.41, 5.74) is 1.34. The lowest BCUT2D eigenvalue weighted by atomic mass is 9.90. The van der Waals surface area contributed by atoms with Crippen LogP contribution < -0.4 is 9.47 Å². The number of rotatable bonds is 4. The number of fused-ring (bicyclic) bond motifs is 1. The van der Waals surface area contributed by atoms with Gasteiger partial charge in [-0.15, -0.1) is 0 Å². The normalized spacial score (nSPS) is 18.4. The Morgan fingerprint density at radius 2 is 1.92 bits per heavy atom. The van der Waals surface area contributed by atoms with E-state index in [-0.39, 0.29) is 35.2 Å². The Morgan fingerprint density at radius 3 is 2.56 bits per heavy atom. The Hall–Kier alpha value is -2.93. The highest BCUT2D eigenvalue weighted by molar-refractivity contribution is 5.90. The molecule has 0 saturated carbocycles. The zero-order valence-electron chi connectivity index (χ0n) is 13.7. The second-order valence-electron chi connectivity index (χ2n) is 5.66. The van der Waals surface area contributed by atoms with Gasteiger partial charge >= 0.3 is 5.97 Å². The van der Waals surface area contributed by atoms with Gasteiger partial charge in [-0.2, -0.15) is 0 Å². The zero-order valence-corrected chi connectivity index (χ0v) is 13.7. The van der Waals surface area contributed by atoms with Crippen molar-refractivity contribution in [3.8, 4) is 23.0 Å². The number of hydrogen-bond acceptors (Lipinski definition) is 7. The molecule has 3 N–H and O–H groups in total. The third-order valence-electron chi connectivity index (χ3n) is 4.26. The number of aliphatic hydroxyl groups excluding tert-OH is 1. The summed E-state index contributed by atoms with van der Waals surface area (Å²) < 4.78 is 15.6. The molecule has 7 nitrogen and oxygen atoms in total. The highest BCUT2D eigenvalue weighted by Gasteiger charge is 2.38. The van der Waals surface area contributed by atoms with Crippen LogP contribution in [0.4, 0.5) is 0 Å². The lowest BCUT2D eigenvalue weighted by Crippen LogP contribution is -2.13. The van der Waals surface area contributed by atoms with Gasteiger partial charge in [-0.3, -0.25) is 0 Å². The van der Waals surface area contributed by atoms with Gasteiger partial charge in [0.05, 0.1) is 32.3 Å². The Bertz CT molecular complexity index is 815. The van der Waals surface area contributed by atoms with Gasteiger partial charge < -0.3 is 29.5 Å². The van der Waals surface area contributed by atoms with E-state index >= 15 is 0 Å². The fraction of sp³-hybridized carbons (Fsp3) is 0.278. The molecule has 25 heavy (non-hydrogen) atoms. The quantitative estimate of drug-likeness (QED) is 0.728. The van der Waals surface area contributed by atoms with Crippen LogP contribution in [0, 0.1) is 0 Å². The maximum atomic E-state index is 11.8. The van der Waals surface area contributed by atoms with Crippen LogP contribution in [0.3, 0.4) is 0 Å². The molecular formula is C18H18O7. The SMILES string of the molecule is COC(=O)c1cc(O)c2c(c1)C(CO)C(c1ccc(O)c(OC)c1)O2. The van der Waals surface area contributed by atoms with Crippen molar-refractivity contribution in [1.82, 2.24) is 0 Å². The Kier molecular flexibility index (Phi) is 4.41. The molecule has 2 atom stereocenters. The van der Waals surface area contributed by atoms with Crippen LogP contribution in [-0.4, -0.2) is 42.1 Å². The standard InChI is InChI=1S/C18H18O7/c1-23-15-7-9(3-4-13(15)20)16-12(8-19)11-5-10(18(22)24-2)6-14(21)17(11)25-16/h3-7,12,16,19-21H,8H2,1-2H3. The lowest BCUT2D eigenvalue weighted by molar-refractivity contribution is 0.0600. The van der Waals surface area contributed by atoms with Crippen LogP contribution in [-0.2, 0) is 4.74 Å². The number of carbonyl (C=O) groups excluding carboxylic acids is 1. The number of ether oxygens (including phenoxy) is 3. The van der Waals surface area contributed by atoms with E-state index in [9.17, 15) is 20.1 Å². The Morgan fingerprint density at radius 1 is 1.16 bits per heavy atom. The second-order valence-corrected chi connectivity index (χ2v) is 5.66. The molecule has 0 bridgehead atoms. The number of aromatic hydroxyl groups is 2. The molecule has 3 rings (SSSR count). The van der Waals surface area contributed by atoms with Gasteiger partial charge in [-0.25, -0.2) is 4.79 Å². The first kappa shape index (κ1) is 16.9. The van der Waals surface area contributed by atoms with E-state index in [0.29, 0.717) is 11.1 Å². The van der Waals surface area contributed by atoms with Crippen LogP contribution in [0.2, 0.25) is 0 Å². The summed E-state index contributed by atoms with van der Waals surface area (Å²) in [4.78, 5) is 11.8. The third kappa shape index (κ3) is 2.83. The summed E-state index contributed by atoms with van der Waals surface area (Å²) in [6, 6.07) is 7.52. The number of carbonyl (C=O) groups is 1. The van der Waals surface area contributed by atoms with Crippen molar-refractivity contribution in [2.45, 2.75) is 12.0 Å². The largest absolute Gasteiger partial charge is 0.504 e. The molecule has 2 aromatic rings. The number of benzene rings is 2. The summed E-state index contributed by atoms with van der Waals surface area (Å²) in [6.07, 6.45) is -0.603. The number of phenols is 2. The van der Waals surface area contributed by atoms with Gasteiger partial charge in [0, 0.05) is 5.56 Å². The molecule has 1 heterocycles. The summed E-state index contributed by atoms with van der Waals surface area (Å²) in [7, 11) is 2.68. The minimum Gasteiger partial charge on any atom is -0.504 e.